The predicted octanol–water partition coefficient (Wildman–Crippen LogP) is 6.61. The van der Waals surface area contributed by atoms with Crippen molar-refractivity contribution in [2.75, 3.05) is 10.6 Å². The van der Waals surface area contributed by atoms with Gasteiger partial charge in [0.1, 0.15) is 0 Å². The Kier molecular flexibility index (Phi) is 7.22. The van der Waals surface area contributed by atoms with Gasteiger partial charge in [0.05, 0.1) is 5.25 Å². The van der Waals surface area contributed by atoms with Crippen LogP contribution >= 0.6 is 11.8 Å². The fraction of sp³-hybridized carbons (Fsp3) is 0.0714. The number of nitrogens with one attached hydrogen (secondary N) is 2. The van der Waals surface area contributed by atoms with Crippen molar-refractivity contribution in [3.8, 4) is 0 Å². The number of rotatable bonds is 7. The highest BCUT2D eigenvalue weighted by Crippen LogP contribution is 2.27. The standard InChI is InChI=1S/C28H24N2O2S/c1-20(28(32)30-26-13-7-11-22-10-5-6-12-25(22)26)33-24-17-15-23(16-18-24)29-27(31)19-14-21-8-3-2-4-9-21/h2-20H,1H3,(H,29,31)(H,30,32)/b19-14+. The third kappa shape index (κ3) is 6.11. The van der Waals surface area contributed by atoms with E-state index in [1.807, 2.05) is 104 Å². The van der Waals surface area contributed by atoms with E-state index < -0.39 is 0 Å². The summed E-state index contributed by atoms with van der Waals surface area (Å²) in [6.45, 7) is 1.88. The highest BCUT2D eigenvalue weighted by molar-refractivity contribution is 8.00. The van der Waals surface area contributed by atoms with Gasteiger partial charge in [0.2, 0.25) is 11.8 Å². The molecule has 0 aliphatic rings. The Balaban J connectivity index is 1.33. The lowest BCUT2D eigenvalue weighted by Gasteiger charge is -2.14. The number of carbonyl (C=O) groups excluding carboxylic acids is 2. The number of hydrogen-bond donors (Lipinski definition) is 2. The van der Waals surface area contributed by atoms with Gasteiger partial charge in [-0.1, -0.05) is 66.7 Å². The highest BCUT2D eigenvalue weighted by Gasteiger charge is 2.15. The average molecular weight is 453 g/mol. The van der Waals surface area contributed by atoms with Gasteiger partial charge in [0, 0.05) is 27.7 Å². The second-order valence-corrected chi connectivity index (χ2v) is 8.95. The first-order valence-corrected chi connectivity index (χ1v) is 11.6. The molecule has 0 radical (unpaired) electrons. The van der Waals surface area contributed by atoms with Crippen molar-refractivity contribution < 1.29 is 9.59 Å². The van der Waals surface area contributed by atoms with Crippen LogP contribution in [0.5, 0.6) is 0 Å². The maximum atomic E-state index is 12.8. The SMILES string of the molecule is CC(Sc1ccc(NC(=O)/C=C/c2ccccc2)cc1)C(=O)Nc1cccc2ccccc12. The predicted molar refractivity (Wildman–Crippen MR) is 138 cm³/mol. The van der Waals surface area contributed by atoms with Gasteiger partial charge in [0.15, 0.2) is 0 Å². The minimum atomic E-state index is -0.279. The highest BCUT2D eigenvalue weighted by atomic mass is 32.2. The van der Waals surface area contributed by atoms with Crippen molar-refractivity contribution in [2.45, 2.75) is 17.1 Å². The van der Waals surface area contributed by atoms with Crippen molar-refractivity contribution in [1.82, 2.24) is 0 Å². The number of carbonyl (C=O) groups is 2. The van der Waals surface area contributed by atoms with E-state index in [2.05, 4.69) is 10.6 Å². The summed E-state index contributed by atoms with van der Waals surface area (Å²) in [7, 11) is 0. The summed E-state index contributed by atoms with van der Waals surface area (Å²) < 4.78 is 0. The van der Waals surface area contributed by atoms with Gasteiger partial charge in [0.25, 0.3) is 0 Å². The fourth-order valence-corrected chi connectivity index (χ4v) is 4.23. The number of thioether (sulfide) groups is 1. The Labute approximate surface area is 197 Å². The van der Waals surface area contributed by atoms with Gasteiger partial charge in [-0.3, -0.25) is 9.59 Å². The summed E-state index contributed by atoms with van der Waals surface area (Å²) in [6.07, 6.45) is 3.29. The normalized spacial score (nSPS) is 11.9. The van der Waals surface area contributed by atoms with Crippen LogP contribution in [0.2, 0.25) is 0 Å². The van der Waals surface area contributed by atoms with E-state index in [9.17, 15) is 9.59 Å². The zero-order valence-corrected chi connectivity index (χ0v) is 19.0. The molecule has 0 fully saturated rings. The van der Waals surface area contributed by atoms with E-state index in [0.29, 0.717) is 5.69 Å². The molecule has 164 valence electrons. The first-order valence-electron chi connectivity index (χ1n) is 10.7. The minimum absolute atomic E-state index is 0.0558. The van der Waals surface area contributed by atoms with Crippen LogP contribution in [0.4, 0.5) is 11.4 Å². The third-order valence-corrected chi connectivity index (χ3v) is 6.19. The smallest absolute Gasteiger partial charge is 0.248 e. The van der Waals surface area contributed by atoms with E-state index in [4.69, 9.17) is 0 Å². The van der Waals surface area contributed by atoms with Crippen molar-refractivity contribution in [2.24, 2.45) is 0 Å². The summed E-state index contributed by atoms with van der Waals surface area (Å²) >= 11 is 1.47. The molecule has 0 spiro atoms. The Morgan fingerprint density at radius 3 is 2.27 bits per heavy atom. The second-order valence-electron chi connectivity index (χ2n) is 7.53. The van der Waals surface area contributed by atoms with Gasteiger partial charge in [-0.2, -0.15) is 0 Å². The van der Waals surface area contributed by atoms with Crippen LogP contribution in [0.25, 0.3) is 16.8 Å². The van der Waals surface area contributed by atoms with Crippen molar-refractivity contribution in [3.63, 3.8) is 0 Å². The van der Waals surface area contributed by atoms with Crippen LogP contribution in [-0.4, -0.2) is 17.1 Å². The van der Waals surface area contributed by atoms with Crippen molar-refractivity contribution >= 4 is 51.8 Å². The largest absolute Gasteiger partial charge is 0.325 e. The van der Waals surface area contributed by atoms with Crippen LogP contribution in [0.3, 0.4) is 0 Å². The Hall–Kier alpha value is -3.83. The molecule has 4 rings (SSSR count). The molecule has 0 bridgehead atoms. The lowest BCUT2D eigenvalue weighted by Crippen LogP contribution is -2.22. The molecule has 2 amide bonds. The first-order chi connectivity index (χ1) is 16.1. The maximum absolute atomic E-state index is 12.8. The lowest BCUT2D eigenvalue weighted by molar-refractivity contribution is -0.115. The van der Waals surface area contributed by atoms with Crippen LogP contribution in [0, 0.1) is 0 Å². The zero-order valence-electron chi connectivity index (χ0n) is 18.2. The summed E-state index contributed by atoms with van der Waals surface area (Å²) in [5.74, 6) is -0.248. The van der Waals surface area contributed by atoms with Gasteiger partial charge in [-0.15, -0.1) is 11.8 Å². The molecule has 0 aromatic heterocycles. The van der Waals surface area contributed by atoms with E-state index in [0.717, 1.165) is 26.9 Å². The summed E-state index contributed by atoms with van der Waals surface area (Å²) in [5.41, 5.74) is 2.48. The van der Waals surface area contributed by atoms with Crippen molar-refractivity contribution in [1.29, 1.82) is 0 Å². The molecule has 4 aromatic rings. The maximum Gasteiger partial charge on any atom is 0.248 e. The van der Waals surface area contributed by atoms with E-state index in [-0.39, 0.29) is 17.1 Å². The summed E-state index contributed by atoms with van der Waals surface area (Å²) in [4.78, 5) is 25.9. The molecule has 0 heterocycles. The number of benzene rings is 4. The third-order valence-electron chi connectivity index (χ3n) is 5.08. The molecule has 0 saturated heterocycles. The number of fused-ring (bicyclic) bond motifs is 1. The zero-order chi connectivity index (χ0) is 23.0. The van der Waals surface area contributed by atoms with E-state index >= 15 is 0 Å². The number of hydrogen-bond acceptors (Lipinski definition) is 3. The molecule has 1 atom stereocenters. The van der Waals surface area contributed by atoms with E-state index in [1.54, 1.807) is 6.08 Å². The Morgan fingerprint density at radius 2 is 1.48 bits per heavy atom. The molecular weight excluding hydrogens is 428 g/mol. The molecule has 4 aromatic carbocycles. The van der Waals surface area contributed by atoms with Gasteiger partial charge < -0.3 is 10.6 Å². The van der Waals surface area contributed by atoms with E-state index in [1.165, 1.54) is 17.8 Å². The Morgan fingerprint density at radius 1 is 0.788 bits per heavy atom. The monoisotopic (exact) mass is 452 g/mol. The molecule has 2 N–H and O–H groups in total. The molecule has 0 aliphatic heterocycles. The number of amides is 2. The molecule has 4 nitrogen and oxygen atoms in total. The van der Waals surface area contributed by atoms with Gasteiger partial charge >= 0.3 is 0 Å². The lowest BCUT2D eigenvalue weighted by atomic mass is 10.1. The van der Waals surface area contributed by atoms with Crippen LogP contribution in [0.1, 0.15) is 12.5 Å². The summed E-state index contributed by atoms with van der Waals surface area (Å²) in [6, 6.07) is 31.0. The van der Waals surface area contributed by atoms with Crippen LogP contribution in [0.15, 0.2) is 108 Å². The quantitative estimate of drug-likeness (QED) is 0.245. The second kappa shape index (κ2) is 10.7. The number of anilines is 2. The Bertz CT molecular complexity index is 1280. The molecule has 0 aliphatic carbocycles. The molecular formula is C28H24N2O2S. The molecule has 5 heteroatoms. The molecule has 33 heavy (non-hydrogen) atoms. The van der Waals surface area contributed by atoms with Gasteiger partial charge in [-0.25, -0.2) is 0 Å². The van der Waals surface area contributed by atoms with Gasteiger partial charge in [-0.05, 0) is 54.3 Å². The average Bonchev–Trinajstić information content (AvgIpc) is 2.85. The molecule has 1 unspecified atom stereocenters. The first kappa shape index (κ1) is 22.4. The topological polar surface area (TPSA) is 58.2 Å². The summed E-state index contributed by atoms with van der Waals surface area (Å²) in [5, 5.41) is 7.73. The fourth-order valence-electron chi connectivity index (χ4n) is 3.36. The van der Waals surface area contributed by atoms with Crippen LogP contribution in [-0.2, 0) is 9.59 Å². The van der Waals surface area contributed by atoms with Crippen LogP contribution < -0.4 is 10.6 Å². The minimum Gasteiger partial charge on any atom is -0.325 e. The van der Waals surface area contributed by atoms with Crippen molar-refractivity contribution in [3.05, 3.63) is 109 Å². The molecule has 0 saturated carbocycles.